The maximum atomic E-state index is 12.9. The Morgan fingerprint density at radius 3 is 2.39 bits per heavy atom. The van der Waals surface area contributed by atoms with Crippen molar-refractivity contribution in [2.24, 2.45) is 0 Å². The number of nitrogens with one attached hydrogen (secondary N) is 1. The third-order valence-electron chi connectivity index (χ3n) is 4.57. The van der Waals surface area contributed by atoms with Crippen molar-refractivity contribution in [1.82, 2.24) is 0 Å². The van der Waals surface area contributed by atoms with Crippen LogP contribution in [0.5, 0.6) is 23.0 Å². The standard InChI is InChI=1S/C24H22ClNO5/c25-19-15-22-23(30-12-6-11-29-22)16-20(19)26-24(27)18-9-4-5-10-21(18)31-14-13-28-17-7-2-1-3-8-17/h1-5,7-10,15-16H,6,11-14H2,(H,26,27). The molecular formula is C24H22ClNO5. The lowest BCUT2D eigenvalue weighted by atomic mass is 10.1. The van der Waals surface area contributed by atoms with Gasteiger partial charge in [0.05, 0.1) is 29.5 Å². The highest BCUT2D eigenvalue weighted by Crippen LogP contribution is 2.38. The molecule has 0 bridgehead atoms. The maximum Gasteiger partial charge on any atom is 0.259 e. The minimum Gasteiger partial charge on any atom is -0.490 e. The van der Waals surface area contributed by atoms with Gasteiger partial charge in [-0.15, -0.1) is 0 Å². The lowest BCUT2D eigenvalue weighted by molar-refractivity contribution is 0.102. The fraction of sp³-hybridized carbons (Fsp3) is 0.208. The van der Waals surface area contributed by atoms with Gasteiger partial charge in [-0.1, -0.05) is 41.9 Å². The van der Waals surface area contributed by atoms with E-state index in [-0.39, 0.29) is 5.91 Å². The average molecular weight is 440 g/mol. The number of carbonyl (C=O) groups excluding carboxylic acids is 1. The Kier molecular flexibility index (Phi) is 6.79. The number of fused-ring (bicyclic) bond motifs is 1. The van der Waals surface area contributed by atoms with Gasteiger partial charge >= 0.3 is 0 Å². The maximum absolute atomic E-state index is 12.9. The molecule has 6 nitrogen and oxygen atoms in total. The van der Waals surface area contributed by atoms with E-state index in [9.17, 15) is 4.79 Å². The van der Waals surface area contributed by atoms with Gasteiger partial charge in [0.1, 0.15) is 24.7 Å². The number of hydrogen-bond acceptors (Lipinski definition) is 5. The van der Waals surface area contributed by atoms with Crippen LogP contribution >= 0.6 is 11.6 Å². The van der Waals surface area contributed by atoms with Crippen LogP contribution in [-0.2, 0) is 0 Å². The molecule has 1 aliphatic rings. The number of carbonyl (C=O) groups is 1. The molecule has 3 aromatic carbocycles. The van der Waals surface area contributed by atoms with Crippen LogP contribution in [0.15, 0.2) is 66.7 Å². The lowest BCUT2D eigenvalue weighted by Crippen LogP contribution is -2.16. The third kappa shape index (κ3) is 5.41. The summed E-state index contributed by atoms with van der Waals surface area (Å²) in [5.74, 6) is 2.02. The number of hydrogen-bond donors (Lipinski definition) is 1. The summed E-state index contributed by atoms with van der Waals surface area (Å²) in [4.78, 5) is 12.9. The number of rotatable bonds is 7. The van der Waals surface area contributed by atoms with Crippen molar-refractivity contribution in [2.45, 2.75) is 6.42 Å². The highest BCUT2D eigenvalue weighted by molar-refractivity contribution is 6.34. The van der Waals surface area contributed by atoms with E-state index < -0.39 is 0 Å². The summed E-state index contributed by atoms with van der Waals surface area (Å²) >= 11 is 6.35. The van der Waals surface area contributed by atoms with Crippen LogP contribution in [0.3, 0.4) is 0 Å². The molecule has 0 spiro atoms. The first kappa shape index (κ1) is 20.9. The zero-order valence-electron chi connectivity index (χ0n) is 16.8. The SMILES string of the molecule is O=C(Nc1cc2c(cc1Cl)OCCCO2)c1ccccc1OCCOc1ccccc1. The van der Waals surface area contributed by atoms with E-state index in [0.29, 0.717) is 59.9 Å². The molecule has 160 valence electrons. The first-order valence-electron chi connectivity index (χ1n) is 10.0. The molecule has 0 aromatic heterocycles. The largest absolute Gasteiger partial charge is 0.490 e. The second-order valence-corrected chi connectivity index (χ2v) is 7.20. The van der Waals surface area contributed by atoms with Gasteiger partial charge < -0.3 is 24.3 Å². The van der Waals surface area contributed by atoms with Crippen LogP contribution in [0, 0.1) is 0 Å². The molecule has 1 amide bonds. The number of amides is 1. The highest BCUT2D eigenvalue weighted by atomic mass is 35.5. The molecular weight excluding hydrogens is 418 g/mol. The molecule has 0 saturated heterocycles. The molecule has 0 fully saturated rings. The van der Waals surface area contributed by atoms with Crippen LogP contribution < -0.4 is 24.3 Å². The van der Waals surface area contributed by atoms with Gasteiger partial charge in [0.2, 0.25) is 0 Å². The number of para-hydroxylation sites is 2. The number of benzene rings is 3. The van der Waals surface area contributed by atoms with E-state index in [1.807, 2.05) is 36.4 Å². The molecule has 0 saturated carbocycles. The molecule has 1 aliphatic heterocycles. The second kappa shape index (κ2) is 10.1. The fourth-order valence-electron chi connectivity index (χ4n) is 3.08. The van der Waals surface area contributed by atoms with E-state index >= 15 is 0 Å². The lowest BCUT2D eigenvalue weighted by Gasteiger charge is -2.14. The van der Waals surface area contributed by atoms with Gasteiger partial charge in [0.25, 0.3) is 5.91 Å². The third-order valence-corrected chi connectivity index (χ3v) is 4.88. The van der Waals surface area contributed by atoms with Crippen LogP contribution in [0.2, 0.25) is 5.02 Å². The summed E-state index contributed by atoms with van der Waals surface area (Å²) in [5.41, 5.74) is 0.837. The molecule has 7 heteroatoms. The van der Waals surface area contributed by atoms with Crippen molar-refractivity contribution < 1.29 is 23.7 Å². The average Bonchev–Trinajstić information content (AvgIpc) is 3.03. The Balaban J connectivity index is 1.41. The van der Waals surface area contributed by atoms with Gasteiger partial charge in [-0.05, 0) is 24.3 Å². The van der Waals surface area contributed by atoms with Crippen molar-refractivity contribution in [3.63, 3.8) is 0 Å². The van der Waals surface area contributed by atoms with Crippen LogP contribution in [0.25, 0.3) is 0 Å². The Bertz CT molecular complexity index is 1040. The van der Waals surface area contributed by atoms with E-state index in [4.69, 9.17) is 30.5 Å². The Morgan fingerprint density at radius 1 is 0.903 bits per heavy atom. The summed E-state index contributed by atoms with van der Waals surface area (Å²) in [5, 5.41) is 3.20. The quantitative estimate of drug-likeness (QED) is 0.512. The minimum atomic E-state index is -0.337. The zero-order valence-corrected chi connectivity index (χ0v) is 17.6. The summed E-state index contributed by atoms with van der Waals surface area (Å²) in [7, 11) is 0. The van der Waals surface area contributed by atoms with Crippen molar-refractivity contribution in [1.29, 1.82) is 0 Å². The minimum absolute atomic E-state index is 0.296. The van der Waals surface area contributed by atoms with Gasteiger partial charge in [-0.2, -0.15) is 0 Å². The monoisotopic (exact) mass is 439 g/mol. The Morgan fingerprint density at radius 2 is 1.58 bits per heavy atom. The topological polar surface area (TPSA) is 66.0 Å². The molecule has 1 N–H and O–H groups in total. The molecule has 0 aliphatic carbocycles. The fourth-order valence-corrected chi connectivity index (χ4v) is 3.28. The van der Waals surface area contributed by atoms with Crippen LogP contribution in [0.4, 0.5) is 5.69 Å². The molecule has 31 heavy (non-hydrogen) atoms. The highest BCUT2D eigenvalue weighted by Gasteiger charge is 2.18. The molecule has 0 radical (unpaired) electrons. The molecule has 0 unspecified atom stereocenters. The molecule has 0 atom stereocenters. The normalized spacial score (nSPS) is 12.5. The first-order chi connectivity index (χ1) is 15.2. The predicted octanol–water partition coefficient (Wildman–Crippen LogP) is 5.21. The zero-order chi connectivity index (χ0) is 21.5. The van der Waals surface area contributed by atoms with E-state index in [1.54, 1.807) is 30.3 Å². The van der Waals surface area contributed by atoms with Gasteiger partial charge in [-0.25, -0.2) is 0 Å². The summed E-state index contributed by atoms with van der Waals surface area (Å²) in [6, 6.07) is 19.8. The molecule has 1 heterocycles. The molecule has 4 rings (SSSR count). The number of ether oxygens (including phenoxy) is 4. The second-order valence-electron chi connectivity index (χ2n) is 6.79. The van der Waals surface area contributed by atoms with Crippen molar-refractivity contribution in [3.8, 4) is 23.0 Å². The van der Waals surface area contributed by atoms with E-state index in [2.05, 4.69) is 5.32 Å². The van der Waals surface area contributed by atoms with Gasteiger partial charge in [-0.3, -0.25) is 4.79 Å². The van der Waals surface area contributed by atoms with Crippen molar-refractivity contribution in [3.05, 3.63) is 77.3 Å². The van der Waals surface area contributed by atoms with E-state index in [1.165, 1.54) is 0 Å². The Hall–Kier alpha value is -3.38. The smallest absolute Gasteiger partial charge is 0.259 e. The van der Waals surface area contributed by atoms with Crippen molar-refractivity contribution >= 4 is 23.2 Å². The first-order valence-corrected chi connectivity index (χ1v) is 10.4. The van der Waals surface area contributed by atoms with Crippen LogP contribution in [0.1, 0.15) is 16.8 Å². The Labute approximate surface area is 185 Å². The molecule has 3 aromatic rings. The van der Waals surface area contributed by atoms with Gasteiger partial charge in [0, 0.05) is 18.6 Å². The number of anilines is 1. The summed E-state index contributed by atoms with van der Waals surface area (Å²) in [6.07, 6.45) is 0.784. The number of halogens is 1. The van der Waals surface area contributed by atoms with Crippen LogP contribution in [-0.4, -0.2) is 32.3 Å². The summed E-state index contributed by atoms with van der Waals surface area (Å²) in [6.45, 7) is 1.76. The summed E-state index contributed by atoms with van der Waals surface area (Å²) < 4.78 is 22.7. The van der Waals surface area contributed by atoms with E-state index in [0.717, 1.165) is 12.2 Å². The van der Waals surface area contributed by atoms with Gasteiger partial charge in [0.15, 0.2) is 11.5 Å². The predicted molar refractivity (Wildman–Crippen MR) is 119 cm³/mol. The van der Waals surface area contributed by atoms with Crippen molar-refractivity contribution in [2.75, 3.05) is 31.7 Å².